The number of ketones is 1. The molecule has 3 nitrogen and oxygen atoms in total. The number of hydrogen-bond donors (Lipinski definition) is 2. The topological polar surface area (TPSA) is 57.5 Å². The third-order valence-corrected chi connectivity index (χ3v) is 7.72. The molecule has 0 bridgehead atoms. The first kappa shape index (κ1) is 14.9. The molecule has 22 heavy (non-hydrogen) atoms. The second-order valence-corrected chi connectivity index (χ2v) is 8.73. The molecular formula is C19H28O3. The Morgan fingerprint density at radius 2 is 1.95 bits per heavy atom. The van der Waals surface area contributed by atoms with Crippen LogP contribution in [0.1, 0.15) is 58.8 Å². The standard InChI is InChI=1S/C19H28O3/c1-18-8-7-12(20)9-11(18)3-4-13-14-5-6-16(22)19(14,2)10-15(21)17(13)18/h3,12-15,17,20-21H,4-10H2,1-2H3/t12-,13?,14?,15-,17?,18-,19-/m0/s1. The van der Waals surface area contributed by atoms with Crippen LogP contribution in [0.2, 0.25) is 0 Å². The van der Waals surface area contributed by atoms with Gasteiger partial charge in [0.2, 0.25) is 0 Å². The number of carbonyl (C=O) groups is 1. The highest BCUT2D eigenvalue weighted by Gasteiger charge is 2.61. The maximum absolute atomic E-state index is 12.4. The average Bonchev–Trinajstić information content (AvgIpc) is 2.75. The van der Waals surface area contributed by atoms with Crippen LogP contribution in [-0.2, 0) is 4.79 Å². The van der Waals surface area contributed by atoms with Crippen LogP contribution in [0, 0.1) is 28.6 Å². The van der Waals surface area contributed by atoms with Gasteiger partial charge in [-0.15, -0.1) is 0 Å². The Kier molecular flexibility index (Phi) is 3.16. The number of aliphatic hydroxyl groups excluding tert-OH is 2. The summed E-state index contributed by atoms with van der Waals surface area (Å²) in [7, 11) is 0. The smallest absolute Gasteiger partial charge is 0.139 e. The van der Waals surface area contributed by atoms with E-state index in [4.69, 9.17) is 0 Å². The van der Waals surface area contributed by atoms with E-state index >= 15 is 0 Å². The molecule has 0 aromatic carbocycles. The fraction of sp³-hybridized carbons (Fsp3) is 0.842. The quantitative estimate of drug-likeness (QED) is 0.677. The highest BCUT2D eigenvalue weighted by molar-refractivity contribution is 5.87. The first-order chi connectivity index (χ1) is 10.4. The maximum atomic E-state index is 12.4. The van der Waals surface area contributed by atoms with Gasteiger partial charge in [0.25, 0.3) is 0 Å². The SMILES string of the molecule is C[C@]12CC[C@H](O)CC1=CCC1C2[C@@H](O)C[C@]2(C)C(=O)CCC12. The van der Waals surface area contributed by atoms with Crippen molar-refractivity contribution in [3.8, 4) is 0 Å². The van der Waals surface area contributed by atoms with Crippen LogP contribution in [0.5, 0.6) is 0 Å². The number of rotatable bonds is 0. The molecule has 3 heteroatoms. The second-order valence-electron chi connectivity index (χ2n) is 8.73. The lowest BCUT2D eigenvalue weighted by Gasteiger charge is -2.58. The summed E-state index contributed by atoms with van der Waals surface area (Å²) in [6.07, 6.45) is 7.65. The fourth-order valence-corrected chi connectivity index (χ4v) is 6.55. The summed E-state index contributed by atoms with van der Waals surface area (Å²) in [4.78, 5) is 12.4. The van der Waals surface area contributed by atoms with Gasteiger partial charge in [0.05, 0.1) is 12.2 Å². The van der Waals surface area contributed by atoms with E-state index in [1.807, 2.05) is 0 Å². The molecule has 0 radical (unpaired) electrons. The van der Waals surface area contributed by atoms with E-state index < -0.39 is 0 Å². The van der Waals surface area contributed by atoms with E-state index in [0.29, 0.717) is 30.5 Å². The van der Waals surface area contributed by atoms with Crippen molar-refractivity contribution in [2.24, 2.45) is 28.6 Å². The zero-order valence-corrected chi connectivity index (χ0v) is 13.7. The first-order valence-electron chi connectivity index (χ1n) is 8.95. The van der Waals surface area contributed by atoms with Gasteiger partial charge in [-0.1, -0.05) is 25.5 Å². The van der Waals surface area contributed by atoms with Crippen molar-refractivity contribution in [3.63, 3.8) is 0 Å². The molecule has 0 saturated heterocycles. The van der Waals surface area contributed by atoms with Crippen molar-refractivity contribution >= 4 is 5.78 Å². The van der Waals surface area contributed by atoms with Gasteiger partial charge in [-0.25, -0.2) is 0 Å². The van der Waals surface area contributed by atoms with Gasteiger partial charge in [0, 0.05) is 11.8 Å². The Morgan fingerprint density at radius 3 is 2.73 bits per heavy atom. The summed E-state index contributed by atoms with van der Waals surface area (Å²) >= 11 is 0. The van der Waals surface area contributed by atoms with Crippen molar-refractivity contribution in [2.45, 2.75) is 71.0 Å². The van der Waals surface area contributed by atoms with Gasteiger partial charge >= 0.3 is 0 Å². The monoisotopic (exact) mass is 304 g/mol. The zero-order chi connectivity index (χ0) is 15.7. The van der Waals surface area contributed by atoms with E-state index in [-0.39, 0.29) is 29.0 Å². The Balaban J connectivity index is 1.74. The van der Waals surface area contributed by atoms with Crippen LogP contribution in [0.4, 0.5) is 0 Å². The van der Waals surface area contributed by atoms with E-state index in [2.05, 4.69) is 19.9 Å². The third kappa shape index (κ3) is 1.78. The van der Waals surface area contributed by atoms with Crippen LogP contribution in [0.3, 0.4) is 0 Å². The molecule has 0 aliphatic heterocycles. The van der Waals surface area contributed by atoms with Gasteiger partial charge in [0.15, 0.2) is 0 Å². The van der Waals surface area contributed by atoms with Gasteiger partial charge in [-0.05, 0) is 61.7 Å². The van der Waals surface area contributed by atoms with Crippen molar-refractivity contribution in [1.82, 2.24) is 0 Å². The molecule has 3 fully saturated rings. The van der Waals surface area contributed by atoms with E-state index in [9.17, 15) is 15.0 Å². The molecule has 4 rings (SSSR count). The Morgan fingerprint density at radius 1 is 1.18 bits per heavy atom. The molecule has 3 unspecified atom stereocenters. The Labute approximate surface area is 132 Å². The van der Waals surface area contributed by atoms with Crippen LogP contribution in [0.25, 0.3) is 0 Å². The van der Waals surface area contributed by atoms with Gasteiger partial charge in [-0.3, -0.25) is 4.79 Å². The van der Waals surface area contributed by atoms with Gasteiger partial charge < -0.3 is 10.2 Å². The highest BCUT2D eigenvalue weighted by Crippen LogP contribution is 2.63. The number of carbonyl (C=O) groups excluding carboxylic acids is 1. The minimum atomic E-state index is -0.378. The molecule has 4 aliphatic carbocycles. The van der Waals surface area contributed by atoms with Crippen molar-refractivity contribution in [3.05, 3.63) is 11.6 Å². The summed E-state index contributed by atoms with van der Waals surface area (Å²) in [5.74, 6) is 1.51. The summed E-state index contributed by atoms with van der Waals surface area (Å²) in [6.45, 7) is 4.39. The van der Waals surface area contributed by atoms with Crippen molar-refractivity contribution in [2.75, 3.05) is 0 Å². The van der Waals surface area contributed by atoms with Crippen LogP contribution >= 0.6 is 0 Å². The molecule has 0 aromatic rings. The predicted octanol–water partition coefficient (Wildman–Crippen LogP) is 2.85. The van der Waals surface area contributed by atoms with E-state index in [1.54, 1.807) is 0 Å². The minimum absolute atomic E-state index is 0.0224. The van der Waals surface area contributed by atoms with E-state index in [0.717, 1.165) is 32.1 Å². The predicted molar refractivity (Wildman–Crippen MR) is 84.1 cm³/mol. The minimum Gasteiger partial charge on any atom is -0.393 e. The fourth-order valence-electron chi connectivity index (χ4n) is 6.55. The molecule has 3 saturated carbocycles. The molecule has 0 amide bonds. The Bertz CT molecular complexity index is 539. The first-order valence-corrected chi connectivity index (χ1v) is 8.95. The maximum Gasteiger partial charge on any atom is 0.139 e. The number of Topliss-reactive ketones (excluding diaryl/α,β-unsaturated/α-hetero) is 1. The largest absolute Gasteiger partial charge is 0.393 e. The summed E-state index contributed by atoms with van der Waals surface area (Å²) in [5.41, 5.74) is 1.09. The molecule has 0 aromatic heterocycles. The number of allylic oxidation sites excluding steroid dienone is 1. The molecule has 2 N–H and O–H groups in total. The van der Waals surface area contributed by atoms with Crippen molar-refractivity contribution < 1.29 is 15.0 Å². The zero-order valence-electron chi connectivity index (χ0n) is 13.7. The normalized spacial score (nSPS) is 54.3. The Hall–Kier alpha value is -0.670. The van der Waals surface area contributed by atoms with Crippen LogP contribution in [0.15, 0.2) is 11.6 Å². The lowest BCUT2D eigenvalue weighted by molar-refractivity contribution is -0.145. The molecule has 122 valence electrons. The van der Waals surface area contributed by atoms with E-state index in [1.165, 1.54) is 5.57 Å². The van der Waals surface area contributed by atoms with Crippen molar-refractivity contribution in [1.29, 1.82) is 0 Å². The summed E-state index contributed by atoms with van der Waals surface area (Å²) in [6, 6.07) is 0. The van der Waals surface area contributed by atoms with Crippen LogP contribution in [-0.4, -0.2) is 28.2 Å². The molecule has 7 atom stereocenters. The second kappa shape index (κ2) is 4.67. The lowest BCUT2D eigenvalue weighted by Crippen LogP contribution is -2.56. The third-order valence-electron chi connectivity index (χ3n) is 7.72. The van der Waals surface area contributed by atoms with Gasteiger partial charge in [-0.2, -0.15) is 0 Å². The molecule has 0 heterocycles. The number of hydrogen-bond acceptors (Lipinski definition) is 3. The summed E-state index contributed by atoms with van der Waals surface area (Å²) in [5, 5.41) is 21.0. The highest BCUT2D eigenvalue weighted by atomic mass is 16.3. The molecule has 0 spiro atoms. The number of aliphatic hydroxyl groups is 2. The number of fused-ring (bicyclic) bond motifs is 5. The summed E-state index contributed by atoms with van der Waals surface area (Å²) < 4.78 is 0. The average molecular weight is 304 g/mol. The van der Waals surface area contributed by atoms with Gasteiger partial charge in [0.1, 0.15) is 5.78 Å². The molecular weight excluding hydrogens is 276 g/mol. The van der Waals surface area contributed by atoms with Crippen LogP contribution < -0.4 is 0 Å². The lowest BCUT2D eigenvalue weighted by atomic mass is 9.47. The molecule has 4 aliphatic rings.